The van der Waals surface area contributed by atoms with Crippen LogP contribution in [0.3, 0.4) is 0 Å². The van der Waals surface area contributed by atoms with E-state index in [-0.39, 0.29) is 0 Å². The van der Waals surface area contributed by atoms with Gasteiger partial charge in [-0.1, -0.05) is 39.5 Å². The molecule has 0 saturated carbocycles. The Labute approximate surface area is 87.7 Å². The predicted octanol–water partition coefficient (Wildman–Crippen LogP) is 1.48. The lowest BCUT2D eigenvalue weighted by Crippen LogP contribution is -2.37. The molecule has 0 amide bonds. The van der Waals surface area contributed by atoms with Crippen molar-refractivity contribution in [2.24, 2.45) is 5.14 Å². The zero-order valence-electron chi connectivity index (χ0n) is 9.20. The fraction of sp³-hybridized carbons (Fsp3) is 1.00. The largest absolute Gasteiger partial charge is 0.276 e. The molecule has 0 aromatic carbocycles. The van der Waals surface area contributed by atoms with Gasteiger partial charge < -0.3 is 0 Å². The molecule has 0 rings (SSSR count). The first-order chi connectivity index (χ1) is 6.52. The molecule has 0 aromatic heterocycles. The monoisotopic (exact) mass is 222 g/mol. The second-order valence-electron chi connectivity index (χ2n) is 3.45. The highest BCUT2D eigenvalue weighted by Crippen LogP contribution is 2.04. The second kappa shape index (κ2) is 7.20. The Hall–Kier alpha value is -0.130. The summed E-state index contributed by atoms with van der Waals surface area (Å²) in [6.45, 7) is 4.98. The minimum Gasteiger partial charge on any atom is -0.216 e. The molecule has 0 aliphatic rings. The van der Waals surface area contributed by atoms with Gasteiger partial charge in [0.2, 0.25) is 0 Å². The van der Waals surface area contributed by atoms with Crippen molar-refractivity contribution in [3.8, 4) is 0 Å². The van der Waals surface area contributed by atoms with Crippen molar-refractivity contribution in [3.05, 3.63) is 0 Å². The van der Waals surface area contributed by atoms with E-state index in [0.29, 0.717) is 13.1 Å². The zero-order chi connectivity index (χ0) is 11.0. The van der Waals surface area contributed by atoms with Gasteiger partial charge in [-0.3, -0.25) is 0 Å². The minimum absolute atomic E-state index is 0.465. The fourth-order valence-corrected chi connectivity index (χ4v) is 2.10. The van der Waals surface area contributed by atoms with Gasteiger partial charge in [0, 0.05) is 13.1 Å². The van der Waals surface area contributed by atoms with E-state index in [1.807, 2.05) is 0 Å². The third kappa shape index (κ3) is 6.34. The Kier molecular flexibility index (Phi) is 7.13. The summed E-state index contributed by atoms with van der Waals surface area (Å²) in [4.78, 5) is 0. The maximum Gasteiger partial charge on any atom is 0.276 e. The average molecular weight is 222 g/mol. The maximum absolute atomic E-state index is 11.0. The second-order valence-corrected chi connectivity index (χ2v) is 5.00. The topological polar surface area (TPSA) is 63.4 Å². The Morgan fingerprint density at radius 1 is 1.07 bits per heavy atom. The van der Waals surface area contributed by atoms with E-state index in [1.165, 1.54) is 23.6 Å². The number of hydrogen-bond donors (Lipinski definition) is 1. The van der Waals surface area contributed by atoms with Crippen molar-refractivity contribution in [2.75, 3.05) is 13.1 Å². The highest BCUT2D eigenvalue weighted by molar-refractivity contribution is 7.86. The molecule has 0 bridgehead atoms. The van der Waals surface area contributed by atoms with E-state index in [1.54, 1.807) is 6.92 Å². The lowest BCUT2D eigenvalue weighted by atomic mass is 10.1. The van der Waals surface area contributed by atoms with Crippen molar-refractivity contribution in [1.29, 1.82) is 0 Å². The fourth-order valence-electron chi connectivity index (χ4n) is 1.36. The first-order valence-corrected chi connectivity index (χ1v) is 6.80. The third-order valence-electron chi connectivity index (χ3n) is 2.22. The van der Waals surface area contributed by atoms with Crippen LogP contribution in [-0.4, -0.2) is 25.8 Å². The van der Waals surface area contributed by atoms with Crippen LogP contribution in [0, 0.1) is 0 Å². The highest BCUT2D eigenvalue weighted by Gasteiger charge is 2.13. The Morgan fingerprint density at radius 2 is 1.64 bits per heavy atom. The molecule has 0 aliphatic carbocycles. The van der Waals surface area contributed by atoms with Gasteiger partial charge in [-0.2, -0.15) is 12.7 Å². The van der Waals surface area contributed by atoms with Crippen molar-refractivity contribution in [3.63, 3.8) is 0 Å². The Balaban J connectivity index is 3.65. The molecular weight excluding hydrogens is 200 g/mol. The molecule has 0 spiro atoms. The first-order valence-electron chi connectivity index (χ1n) is 5.30. The van der Waals surface area contributed by atoms with Crippen LogP contribution in [0.15, 0.2) is 0 Å². The number of rotatable bonds is 8. The maximum atomic E-state index is 11.0. The summed E-state index contributed by atoms with van der Waals surface area (Å²) in [5, 5.41) is 5.03. The van der Waals surface area contributed by atoms with Gasteiger partial charge in [0.1, 0.15) is 0 Å². The normalized spacial score (nSPS) is 12.3. The van der Waals surface area contributed by atoms with Gasteiger partial charge in [-0.25, -0.2) is 5.14 Å². The Morgan fingerprint density at radius 3 is 2.07 bits per heavy atom. The molecule has 0 aliphatic heterocycles. The highest BCUT2D eigenvalue weighted by atomic mass is 32.2. The van der Waals surface area contributed by atoms with E-state index < -0.39 is 10.2 Å². The molecule has 0 unspecified atom stereocenters. The van der Waals surface area contributed by atoms with E-state index in [9.17, 15) is 8.42 Å². The van der Waals surface area contributed by atoms with Gasteiger partial charge in [-0.15, -0.1) is 0 Å². The van der Waals surface area contributed by atoms with Gasteiger partial charge in [0.15, 0.2) is 0 Å². The molecule has 0 radical (unpaired) electrons. The van der Waals surface area contributed by atoms with Crippen LogP contribution in [-0.2, 0) is 10.2 Å². The number of hydrogen-bond acceptors (Lipinski definition) is 2. The van der Waals surface area contributed by atoms with Crippen LogP contribution in [0.25, 0.3) is 0 Å². The average Bonchev–Trinajstić information content (AvgIpc) is 2.09. The number of unbranched alkanes of at least 4 members (excludes halogenated alkanes) is 4. The minimum atomic E-state index is -3.47. The first kappa shape index (κ1) is 13.9. The summed E-state index contributed by atoms with van der Waals surface area (Å²) in [7, 11) is -3.47. The lowest BCUT2D eigenvalue weighted by Gasteiger charge is -2.16. The van der Waals surface area contributed by atoms with E-state index in [4.69, 9.17) is 5.14 Å². The van der Waals surface area contributed by atoms with Crippen LogP contribution >= 0.6 is 0 Å². The smallest absolute Gasteiger partial charge is 0.216 e. The van der Waals surface area contributed by atoms with Crippen LogP contribution < -0.4 is 5.14 Å². The van der Waals surface area contributed by atoms with Crippen molar-refractivity contribution < 1.29 is 8.42 Å². The molecular formula is C9H22N2O2S. The summed E-state index contributed by atoms with van der Waals surface area (Å²) in [6.07, 6.45) is 5.59. The SMILES string of the molecule is CCCCCCCN(CC)S(N)(=O)=O. The molecule has 14 heavy (non-hydrogen) atoms. The standard InChI is InChI=1S/C9H22N2O2S/c1-3-5-6-7-8-9-11(4-2)14(10,12)13/h3-9H2,1-2H3,(H2,10,12,13). The van der Waals surface area contributed by atoms with Crippen molar-refractivity contribution >= 4 is 10.2 Å². The summed E-state index contributed by atoms with van der Waals surface area (Å²) in [6, 6.07) is 0. The van der Waals surface area contributed by atoms with Gasteiger partial charge >= 0.3 is 0 Å². The summed E-state index contributed by atoms with van der Waals surface area (Å²) >= 11 is 0. The molecule has 0 atom stereocenters. The molecule has 0 fully saturated rings. The third-order valence-corrected chi connectivity index (χ3v) is 3.38. The summed E-state index contributed by atoms with van der Waals surface area (Å²) < 4.78 is 23.3. The van der Waals surface area contributed by atoms with E-state index >= 15 is 0 Å². The van der Waals surface area contributed by atoms with Crippen LogP contribution in [0.4, 0.5) is 0 Å². The van der Waals surface area contributed by atoms with Crippen molar-refractivity contribution in [2.45, 2.75) is 46.0 Å². The number of nitrogens with zero attached hydrogens (tertiary/aromatic N) is 1. The van der Waals surface area contributed by atoms with Gasteiger partial charge in [0.25, 0.3) is 10.2 Å². The molecule has 0 heterocycles. The number of nitrogens with two attached hydrogens (primary N) is 1. The van der Waals surface area contributed by atoms with Gasteiger partial charge in [0.05, 0.1) is 0 Å². The van der Waals surface area contributed by atoms with Crippen LogP contribution in [0.5, 0.6) is 0 Å². The molecule has 4 nitrogen and oxygen atoms in total. The van der Waals surface area contributed by atoms with E-state index in [0.717, 1.165) is 12.8 Å². The lowest BCUT2D eigenvalue weighted by molar-refractivity contribution is 0.412. The van der Waals surface area contributed by atoms with Crippen LogP contribution in [0.2, 0.25) is 0 Å². The molecule has 0 aromatic rings. The zero-order valence-corrected chi connectivity index (χ0v) is 10.0. The summed E-state index contributed by atoms with van der Waals surface area (Å²) in [5.41, 5.74) is 0. The van der Waals surface area contributed by atoms with Gasteiger partial charge in [-0.05, 0) is 6.42 Å². The van der Waals surface area contributed by atoms with Crippen molar-refractivity contribution in [1.82, 2.24) is 4.31 Å². The van der Waals surface area contributed by atoms with Crippen LogP contribution in [0.1, 0.15) is 46.0 Å². The van der Waals surface area contributed by atoms with E-state index in [2.05, 4.69) is 6.92 Å². The summed E-state index contributed by atoms with van der Waals surface area (Å²) in [5.74, 6) is 0. The quantitative estimate of drug-likeness (QED) is 0.632. The molecule has 86 valence electrons. The Bertz CT molecular complexity index is 227. The predicted molar refractivity (Wildman–Crippen MR) is 59.1 cm³/mol. The molecule has 5 heteroatoms. The molecule has 2 N–H and O–H groups in total. The molecule has 0 saturated heterocycles.